The van der Waals surface area contributed by atoms with Crippen molar-refractivity contribution in [3.05, 3.63) is 56.8 Å². The molecule has 108 valence electrons. The molecule has 2 atom stereocenters. The Morgan fingerprint density at radius 2 is 1.80 bits per heavy atom. The zero-order valence-corrected chi connectivity index (χ0v) is 14.0. The number of rotatable bonds is 5. The highest BCUT2D eigenvalue weighted by molar-refractivity contribution is 7.12. The van der Waals surface area contributed by atoms with Crippen LogP contribution in [0.4, 0.5) is 0 Å². The molecule has 0 saturated heterocycles. The van der Waals surface area contributed by atoms with Crippen LogP contribution in [0, 0.1) is 13.8 Å². The van der Waals surface area contributed by atoms with E-state index in [4.69, 9.17) is 0 Å². The van der Waals surface area contributed by atoms with E-state index in [0.717, 1.165) is 6.42 Å². The molecular weight excluding hydrogens is 262 g/mol. The molecule has 2 aromatic rings. The van der Waals surface area contributed by atoms with E-state index in [9.17, 15) is 0 Å². The average molecular weight is 287 g/mol. The number of hydrogen-bond donors (Lipinski definition) is 1. The summed E-state index contributed by atoms with van der Waals surface area (Å²) in [5, 5.41) is 3.72. The Morgan fingerprint density at radius 1 is 1.05 bits per heavy atom. The van der Waals surface area contributed by atoms with Gasteiger partial charge in [0.2, 0.25) is 0 Å². The third kappa shape index (κ3) is 3.50. The number of thiophene rings is 1. The fourth-order valence-electron chi connectivity index (χ4n) is 2.68. The lowest BCUT2D eigenvalue weighted by Gasteiger charge is -2.21. The van der Waals surface area contributed by atoms with Gasteiger partial charge in [0.25, 0.3) is 0 Å². The predicted octanol–water partition coefficient (Wildman–Crippen LogP) is 5.34. The van der Waals surface area contributed by atoms with Gasteiger partial charge in [-0.15, -0.1) is 11.3 Å². The van der Waals surface area contributed by atoms with Crippen molar-refractivity contribution in [2.24, 2.45) is 0 Å². The summed E-state index contributed by atoms with van der Waals surface area (Å²) in [6, 6.07) is 12.0. The van der Waals surface area contributed by atoms with Crippen LogP contribution in [0.2, 0.25) is 0 Å². The molecule has 0 fully saturated rings. The van der Waals surface area contributed by atoms with Crippen LogP contribution in [0.5, 0.6) is 0 Å². The zero-order valence-electron chi connectivity index (χ0n) is 13.2. The smallest absolute Gasteiger partial charge is 0.0391 e. The first-order valence-electron chi connectivity index (χ1n) is 7.43. The summed E-state index contributed by atoms with van der Waals surface area (Å²) in [5.74, 6) is 0. The van der Waals surface area contributed by atoms with Crippen molar-refractivity contribution < 1.29 is 0 Å². The topological polar surface area (TPSA) is 12.0 Å². The van der Waals surface area contributed by atoms with Crippen molar-refractivity contribution in [3.8, 4) is 0 Å². The van der Waals surface area contributed by atoms with Crippen LogP contribution in [-0.2, 0) is 6.42 Å². The van der Waals surface area contributed by atoms with Crippen molar-refractivity contribution in [1.29, 1.82) is 0 Å². The van der Waals surface area contributed by atoms with E-state index in [1.165, 1.54) is 26.4 Å². The molecule has 0 aliphatic heterocycles. The van der Waals surface area contributed by atoms with Gasteiger partial charge in [-0.3, -0.25) is 0 Å². The molecule has 1 aromatic heterocycles. The van der Waals surface area contributed by atoms with E-state index in [1.54, 1.807) is 0 Å². The minimum Gasteiger partial charge on any atom is -0.303 e. The van der Waals surface area contributed by atoms with E-state index in [1.807, 2.05) is 11.3 Å². The molecule has 1 aromatic carbocycles. The summed E-state index contributed by atoms with van der Waals surface area (Å²) < 4.78 is 0. The van der Waals surface area contributed by atoms with Gasteiger partial charge in [-0.05, 0) is 57.4 Å². The van der Waals surface area contributed by atoms with Gasteiger partial charge >= 0.3 is 0 Å². The van der Waals surface area contributed by atoms with Crippen LogP contribution in [0.1, 0.15) is 59.3 Å². The molecule has 2 unspecified atom stereocenters. The van der Waals surface area contributed by atoms with E-state index in [2.05, 4.69) is 70.3 Å². The summed E-state index contributed by atoms with van der Waals surface area (Å²) in [5.41, 5.74) is 4.10. The fraction of sp³-hybridized carbons (Fsp3) is 0.444. The number of aryl methyl sites for hydroxylation is 3. The Labute approximate surface area is 127 Å². The van der Waals surface area contributed by atoms with Crippen LogP contribution in [0.25, 0.3) is 0 Å². The summed E-state index contributed by atoms with van der Waals surface area (Å²) in [6.45, 7) is 11.1. The van der Waals surface area contributed by atoms with Crippen molar-refractivity contribution in [3.63, 3.8) is 0 Å². The first-order chi connectivity index (χ1) is 9.51. The lowest BCUT2D eigenvalue weighted by atomic mass is 9.99. The second-order valence-electron chi connectivity index (χ2n) is 5.63. The molecular formula is C18H25NS. The Hall–Kier alpha value is -1.12. The standard InChI is InChI=1S/C18H25NS/c1-6-16-8-10-18(20-16)15(5)19-14(4)17-9-7-12(2)11-13(17)3/h7-11,14-15,19H,6H2,1-5H3. The summed E-state index contributed by atoms with van der Waals surface area (Å²) in [4.78, 5) is 2.89. The van der Waals surface area contributed by atoms with Gasteiger partial charge < -0.3 is 5.32 Å². The van der Waals surface area contributed by atoms with Gasteiger partial charge in [-0.2, -0.15) is 0 Å². The van der Waals surface area contributed by atoms with Gasteiger partial charge in [0.15, 0.2) is 0 Å². The highest BCUT2D eigenvalue weighted by Crippen LogP contribution is 2.27. The molecule has 2 heteroatoms. The van der Waals surface area contributed by atoms with Crippen LogP contribution < -0.4 is 5.32 Å². The van der Waals surface area contributed by atoms with Crippen molar-refractivity contribution in [2.45, 2.75) is 53.1 Å². The molecule has 2 rings (SSSR count). The first kappa shape index (κ1) is 15.3. The maximum absolute atomic E-state index is 3.72. The van der Waals surface area contributed by atoms with Crippen molar-refractivity contribution in [2.75, 3.05) is 0 Å². The monoisotopic (exact) mass is 287 g/mol. The zero-order chi connectivity index (χ0) is 14.7. The molecule has 0 amide bonds. The molecule has 0 saturated carbocycles. The minimum absolute atomic E-state index is 0.373. The molecule has 20 heavy (non-hydrogen) atoms. The molecule has 0 bridgehead atoms. The van der Waals surface area contributed by atoms with Gasteiger partial charge in [0, 0.05) is 21.8 Å². The summed E-state index contributed by atoms with van der Waals surface area (Å²) >= 11 is 1.92. The minimum atomic E-state index is 0.373. The van der Waals surface area contributed by atoms with E-state index in [-0.39, 0.29) is 0 Å². The fourth-order valence-corrected chi connectivity index (χ4v) is 3.64. The Kier molecular flexibility index (Phi) is 5.00. The van der Waals surface area contributed by atoms with Crippen LogP contribution in [0.3, 0.4) is 0 Å². The quantitative estimate of drug-likeness (QED) is 0.782. The average Bonchev–Trinajstić information content (AvgIpc) is 2.87. The van der Waals surface area contributed by atoms with Crippen molar-refractivity contribution in [1.82, 2.24) is 5.32 Å². The third-order valence-corrected chi connectivity index (χ3v) is 5.26. The van der Waals surface area contributed by atoms with Crippen LogP contribution >= 0.6 is 11.3 Å². The Morgan fingerprint density at radius 3 is 2.40 bits per heavy atom. The summed E-state index contributed by atoms with van der Waals surface area (Å²) in [7, 11) is 0. The van der Waals surface area contributed by atoms with E-state index < -0.39 is 0 Å². The van der Waals surface area contributed by atoms with Gasteiger partial charge in [-0.1, -0.05) is 30.7 Å². The normalized spacial score (nSPS) is 14.2. The molecule has 0 aliphatic rings. The lowest BCUT2D eigenvalue weighted by molar-refractivity contribution is 0.498. The van der Waals surface area contributed by atoms with Crippen LogP contribution in [-0.4, -0.2) is 0 Å². The van der Waals surface area contributed by atoms with Gasteiger partial charge in [-0.25, -0.2) is 0 Å². The SMILES string of the molecule is CCc1ccc(C(C)NC(C)c2ccc(C)cc2C)s1. The number of nitrogens with one attached hydrogen (secondary N) is 1. The molecule has 0 radical (unpaired) electrons. The van der Waals surface area contributed by atoms with Crippen molar-refractivity contribution >= 4 is 11.3 Å². The largest absolute Gasteiger partial charge is 0.303 e. The maximum Gasteiger partial charge on any atom is 0.0391 e. The molecule has 1 nitrogen and oxygen atoms in total. The second kappa shape index (κ2) is 6.55. The predicted molar refractivity (Wildman–Crippen MR) is 89.6 cm³/mol. The lowest BCUT2D eigenvalue weighted by Crippen LogP contribution is -2.22. The highest BCUT2D eigenvalue weighted by Gasteiger charge is 2.14. The number of benzene rings is 1. The molecule has 1 N–H and O–H groups in total. The second-order valence-corrected chi connectivity index (χ2v) is 6.83. The summed E-state index contributed by atoms with van der Waals surface area (Å²) in [6.07, 6.45) is 1.13. The highest BCUT2D eigenvalue weighted by atomic mass is 32.1. The molecule has 0 spiro atoms. The van der Waals surface area contributed by atoms with E-state index in [0.29, 0.717) is 12.1 Å². The third-order valence-electron chi connectivity index (χ3n) is 3.85. The molecule has 0 aliphatic carbocycles. The number of hydrogen-bond acceptors (Lipinski definition) is 2. The maximum atomic E-state index is 3.72. The van der Waals surface area contributed by atoms with Crippen LogP contribution in [0.15, 0.2) is 30.3 Å². The van der Waals surface area contributed by atoms with Gasteiger partial charge in [0.05, 0.1) is 0 Å². The first-order valence-corrected chi connectivity index (χ1v) is 8.24. The van der Waals surface area contributed by atoms with E-state index >= 15 is 0 Å². The Bertz CT molecular complexity index is 571. The molecule has 1 heterocycles. The Balaban J connectivity index is 2.08. The van der Waals surface area contributed by atoms with Gasteiger partial charge in [0.1, 0.15) is 0 Å².